The largest absolute Gasteiger partial charge is 0.388 e. The molecule has 0 radical (unpaired) electrons. The first-order chi connectivity index (χ1) is 9.07. The van der Waals surface area contributed by atoms with Crippen molar-refractivity contribution in [1.82, 2.24) is 0 Å². The predicted octanol–water partition coefficient (Wildman–Crippen LogP) is -1.82. The molecule has 1 saturated heterocycles. The molecule has 0 spiro atoms. The molecule has 0 bridgehead atoms. The molecule has 0 aromatic rings. The number of methoxy groups -OCH3 is 1. The third-order valence-corrected chi connectivity index (χ3v) is 3.79. The Bertz CT molecular complexity index is 243. The topological polar surface area (TPSA) is 109 Å². The SMILES string of the molecule is COCCOCCSCC1OC(O)C(O)[C@@H](O)[C@H]1O. The minimum Gasteiger partial charge on any atom is -0.388 e. The molecule has 8 heteroatoms. The van der Waals surface area contributed by atoms with Gasteiger partial charge in [0.05, 0.1) is 25.9 Å². The van der Waals surface area contributed by atoms with E-state index < -0.39 is 30.7 Å². The van der Waals surface area contributed by atoms with Crippen molar-refractivity contribution in [3.8, 4) is 0 Å². The van der Waals surface area contributed by atoms with Crippen molar-refractivity contribution < 1.29 is 34.6 Å². The highest BCUT2D eigenvalue weighted by atomic mass is 32.2. The first-order valence-electron chi connectivity index (χ1n) is 6.10. The Morgan fingerprint density at radius 3 is 2.42 bits per heavy atom. The average Bonchev–Trinajstić information content (AvgIpc) is 2.41. The summed E-state index contributed by atoms with van der Waals surface area (Å²) in [5.74, 6) is 1.10. The van der Waals surface area contributed by atoms with Crippen LogP contribution in [0.25, 0.3) is 0 Å². The minimum absolute atomic E-state index is 0.398. The molecular weight excluding hydrogens is 276 g/mol. The maximum atomic E-state index is 9.69. The van der Waals surface area contributed by atoms with Crippen molar-refractivity contribution in [2.75, 3.05) is 38.4 Å². The van der Waals surface area contributed by atoms with Crippen molar-refractivity contribution in [2.45, 2.75) is 30.7 Å². The van der Waals surface area contributed by atoms with Gasteiger partial charge in [0.15, 0.2) is 6.29 Å². The van der Waals surface area contributed by atoms with E-state index in [1.54, 1.807) is 7.11 Å². The van der Waals surface area contributed by atoms with Crippen molar-refractivity contribution in [3.63, 3.8) is 0 Å². The molecule has 5 atom stereocenters. The Kier molecular flexibility index (Phi) is 8.19. The van der Waals surface area contributed by atoms with Crippen LogP contribution in [0.4, 0.5) is 0 Å². The Labute approximate surface area is 116 Å². The smallest absolute Gasteiger partial charge is 0.183 e. The maximum absolute atomic E-state index is 9.69. The molecule has 0 amide bonds. The molecule has 4 N–H and O–H groups in total. The van der Waals surface area contributed by atoms with E-state index in [2.05, 4.69) is 0 Å². The summed E-state index contributed by atoms with van der Waals surface area (Å²) in [4.78, 5) is 0. The third kappa shape index (κ3) is 5.52. The number of hydrogen-bond donors (Lipinski definition) is 4. The highest BCUT2D eigenvalue weighted by molar-refractivity contribution is 7.99. The molecule has 1 heterocycles. The summed E-state index contributed by atoms with van der Waals surface area (Å²) < 4.78 is 15.1. The lowest BCUT2D eigenvalue weighted by atomic mass is 10.0. The molecule has 1 aliphatic rings. The van der Waals surface area contributed by atoms with E-state index >= 15 is 0 Å². The Hall–Kier alpha value is 0.0700. The summed E-state index contributed by atoms with van der Waals surface area (Å²) in [6.45, 7) is 1.62. The quantitative estimate of drug-likeness (QED) is 0.388. The summed E-state index contributed by atoms with van der Waals surface area (Å²) in [5, 5.41) is 37.8. The number of aliphatic hydroxyl groups is 4. The van der Waals surface area contributed by atoms with E-state index in [-0.39, 0.29) is 0 Å². The lowest BCUT2D eigenvalue weighted by Gasteiger charge is -2.38. The van der Waals surface area contributed by atoms with Crippen LogP contribution in [-0.4, -0.2) is 89.6 Å². The summed E-state index contributed by atoms with van der Waals surface area (Å²) >= 11 is 1.47. The Balaban J connectivity index is 2.15. The van der Waals surface area contributed by atoms with Crippen LogP contribution in [0.5, 0.6) is 0 Å². The van der Waals surface area contributed by atoms with Crippen LogP contribution in [0.15, 0.2) is 0 Å². The van der Waals surface area contributed by atoms with E-state index in [0.717, 1.165) is 0 Å². The van der Waals surface area contributed by atoms with Crippen LogP contribution in [0.2, 0.25) is 0 Å². The van der Waals surface area contributed by atoms with Gasteiger partial charge < -0.3 is 34.6 Å². The van der Waals surface area contributed by atoms with Crippen molar-refractivity contribution in [3.05, 3.63) is 0 Å². The Morgan fingerprint density at radius 1 is 1.00 bits per heavy atom. The summed E-state index contributed by atoms with van der Waals surface area (Å²) in [6, 6.07) is 0. The van der Waals surface area contributed by atoms with Crippen LogP contribution in [0, 0.1) is 0 Å². The fraction of sp³-hybridized carbons (Fsp3) is 1.00. The van der Waals surface area contributed by atoms with Crippen molar-refractivity contribution in [1.29, 1.82) is 0 Å². The molecule has 0 aliphatic carbocycles. The second-order valence-corrected chi connectivity index (χ2v) is 5.37. The van der Waals surface area contributed by atoms with Crippen LogP contribution in [-0.2, 0) is 14.2 Å². The van der Waals surface area contributed by atoms with Gasteiger partial charge in [0, 0.05) is 18.6 Å². The number of thioether (sulfide) groups is 1. The van der Waals surface area contributed by atoms with Crippen LogP contribution in [0.3, 0.4) is 0 Å². The molecular formula is C11H22O7S. The van der Waals surface area contributed by atoms with Gasteiger partial charge in [0.25, 0.3) is 0 Å². The molecule has 19 heavy (non-hydrogen) atoms. The van der Waals surface area contributed by atoms with Gasteiger partial charge in [-0.05, 0) is 0 Å². The fourth-order valence-corrected chi connectivity index (χ4v) is 2.54. The normalized spacial score (nSPS) is 35.5. The first kappa shape index (κ1) is 17.1. The van der Waals surface area contributed by atoms with Gasteiger partial charge in [-0.3, -0.25) is 0 Å². The van der Waals surface area contributed by atoms with E-state index in [1.165, 1.54) is 11.8 Å². The number of hydrogen-bond acceptors (Lipinski definition) is 8. The van der Waals surface area contributed by atoms with E-state index in [4.69, 9.17) is 14.2 Å². The standard InChI is InChI=1S/C11H22O7S/c1-16-2-3-17-4-5-19-6-7-8(12)9(13)10(14)11(15)18-7/h7-15H,2-6H2,1H3/t7?,8-,9-,10?,11?/m0/s1. The third-order valence-electron chi connectivity index (χ3n) is 2.77. The van der Waals surface area contributed by atoms with E-state index in [1.807, 2.05) is 0 Å². The number of aliphatic hydroxyl groups excluding tert-OH is 4. The predicted molar refractivity (Wildman–Crippen MR) is 68.9 cm³/mol. The van der Waals surface area contributed by atoms with Crippen molar-refractivity contribution in [2.24, 2.45) is 0 Å². The number of rotatable bonds is 8. The lowest BCUT2D eigenvalue weighted by molar-refractivity contribution is -0.276. The van der Waals surface area contributed by atoms with Gasteiger partial charge in [-0.15, -0.1) is 0 Å². The molecule has 3 unspecified atom stereocenters. The molecule has 7 nitrogen and oxygen atoms in total. The fourth-order valence-electron chi connectivity index (χ4n) is 1.63. The van der Waals surface area contributed by atoms with Gasteiger partial charge in [0.1, 0.15) is 18.3 Å². The average molecular weight is 298 g/mol. The zero-order valence-electron chi connectivity index (χ0n) is 10.8. The molecule has 0 aromatic carbocycles. The Morgan fingerprint density at radius 2 is 1.74 bits per heavy atom. The van der Waals surface area contributed by atoms with E-state index in [9.17, 15) is 20.4 Å². The zero-order valence-corrected chi connectivity index (χ0v) is 11.7. The van der Waals surface area contributed by atoms with Gasteiger partial charge >= 0.3 is 0 Å². The van der Waals surface area contributed by atoms with Crippen LogP contribution >= 0.6 is 11.8 Å². The van der Waals surface area contributed by atoms with Crippen molar-refractivity contribution >= 4 is 11.8 Å². The molecule has 114 valence electrons. The molecule has 1 aliphatic heterocycles. The monoisotopic (exact) mass is 298 g/mol. The zero-order chi connectivity index (χ0) is 14.3. The van der Waals surface area contributed by atoms with Gasteiger partial charge in [0.2, 0.25) is 0 Å². The van der Waals surface area contributed by atoms with Gasteiger partial charge in [-0.2, -0.15) is 11.8 Å². The second-order valence-electron chi connectivity index (χ2n) is 4.22. The highest BCUT2D eigenvalue weighted by Crippen LogP contribution is 2.22. The molecule has 1 fully saturated rings. The van der Waals surface area contributed by atoms with E-state index in [0.29, 0.717) is 31.3 Å². The van der Waals surface area contributed by atoms with Gasteiger partial charge in [-0.25, -0.2) is 0 Å². The molecule has 1 rings (SSSR count). The minimum atomic E-state index is -1.48. The van der Waals surface area contributed by atoms with Gasteiger partial charge in [-0.1, -0.05) is 0 Å². The highest BCUT2D eigenvalue weighted by Gasteiger charge is 2.42. The molecule has 0 saturated carbocycles. The number of ether oxygens (including phenoxy) is 3. The van der Waals surface area contributed by atoms with Crippen LogP contribution < -0.4 is 0 Å². The summed E-state index contributed by atoms with van der Waals surface area (Å²) in [7, 11) is 1.60. The molecule has 0 aromatic heterocycles. The summed E-state index contributed by atoms with van der Waals surface area (Å²) in [6.07, 6.45) is -6.26. The first-order valence-corrected chi connectivity index (χ1v) is 7.25. The summed E-state index contributed by atoms with van der Waals surface area (Å²) in [5.41, 5.74) is 0. The second kappa shape index (κ2) is 9.09. The van der Waals surface area contributed by atoms with Crippen LogP contribution in [0.1, 0.15) is 0 Å². The lowest BCUT2D eigenvalue weighted by Crippen LogP contribution is -2.58. The maximum Gasteiger partial charge on any atom is 0.183 e.